The summed E-state index contributed by atoms with van der Waals surface area (Å²) < 4.78 is 1.14. The lowest BCUT2D eigenvalue weighted by Gasteiger charge is -2.19. The Bertz CT molecular complexity index is 1050. The topological polar surface area (TPSA) is 157 Å². The third-order valence-electron chi connectivity index (χ3n) is 5.26. The molecule has 0 bridgehead atoms. The van der Waals surface area contributed by atoms with E-state index >= 15 is 0 Å². The van der Waals surface area contributed by atoms with Crippen LogP contribution in [0, 0.1) is 13.8 Å². The van der Waals surface area contributed by atoms with Crippen molar-refractivity contribution in [1.29, 1.82) is 0 Å². The molecule has 1 aromatic carbocycles. The molecular weight excluding hydrogens is 430 g/mol. The van der Waals surface area contributed by atoms with Gasteiger partial charge in [0.05, 0.1) is 24.2 Å². The average Bonchev–Trinajstić information content (AvgIpc) is 2.75. The maximum absolute atomic E-state index is 13.2. The molecular formula is C22H33N5O6. The number of nitrogens with one attached hydrogen (secondary N) is 2. The lowest BCUT2D eigenvalue weighted by Crippen LogP contribution is -2.44. The second-order valence-corrected chi connectivity index (χ2v) is 8.22. The lowest BCUT2D eigenvalue weighted by molar-refractivity contribution is -0.136. The minimum atomic E-state index is -1.69. The van der Waals surface area contributed by atoms with Gasteiger partial charge in [0.1, 0.15) is 12.2 Å². The first-order valence-corrected chi connectivity index (χ1v) is 10.7. The van der Waals surface area contributed by atoms with Gasteiger partial charge in [0, 0.05) is 26.2 Å². The van der Waals surface area contributed by atoms with Crippen molar-refractivity contribution < 1.29 is 24.9 Å². The number of carbonyl (C=O) groups is 2. The summed E-state index contributed by atoms with van der Waals surface area (Å²) in [6.07, 6.45) is -3.21. The largest absolute Gasteiger partial charge is 0.395 e. The number of aliphatic hydroxyl groups is 3. The highest BCUT2D eigenvalue weighted by molar-refractivity contribution is 5.94. The summed E-state index contributed by atoms with van der Waals surface area (Å²) >= 11 is 0. The third kappa shape index (κ3) is 6.89. The summed E-state index contributed by atoms with van der Waals surface area (Å²) in [7, 11) is 3.70. The van der Waals surface area contributed by atoms with Crippen molar-refractivity contribution in [3.8, 4) is 0 Å². The van der Waals surface area contributed by atoms with E-state index in [0.717, 1.165) is 15.7 Å². The number of hydrogen-bond donors (Lipinski definition) is 5. The second-order valence-electron chi connectivity index (χ2n) is 8.22. The molecule has 0 spiro atoms. The van der Waals surface area contributed by atoms with Crippen molar-refractivity contribution in [3.63, 3.8) is 0 Å². The standard InChI is InChI=1S/C22H33N5O6/c1-13-9-15-16(10-14(13)2)27(12-18(30)20(31)17(29)11-23-6-8-28)22(33)19(25-15)21(32)24-5-7-26(3)4/h9-10,17-18,23,28-30H,5-8,11-12H2,1-4H3,(H,24,32)/t17-,18+/m1/s1. The summed E-state index contributed by atoms with van der Waals surface area (Å²) in [5.41, 5.74) is 1.44. The summed E-state index contributed by atoms with van der Waals surface area (Å²) in [5, 5.41) is 34.6. The van der Waals surface area contributed by atoms with Gasteiger partial charge in [0.15, 0.2) is 11.5 Å². The Kier molecular flexibility index (Phi) is 9.62. The molecule has 11 nitrogen and oxygen atoms in total. The molecule has 0 fully saturated rings. The molecule has 1 aromatic heterocycles. The van der Waals surface area contributed by atoms with Gasteiger partial charge in [-0.25, -0.2) is 4.98 Å². The van der Waals surface area contributed by atoms with Crippen molar-refractivity contribution in [1.82, 2.24) is 25.1 Å². The van der Waals surface area contributed by atoms with Crippen LogP contribution >= 0.6 is 0 Å². The quantitative estimate of drug-likeness (QED) is 0.229. The van der Waals surface area contributed by atoms with Crippen LogP contribution in [0.25, 0.3) is 11.0 Å². The summed E-state index contributed by atoms with van der Waals surface area (Å²) in [6.45, 7) is 4.02. The number of hydrogen-bond acceptors (Lipinski definition) is 9. The number of aliphatic hydroxyl groups excluding tert-OH is 3. The van der Waals surface area contributed by atoms with Crippen molar-refractivity contribution in [2.24, 2.45) is 0 Å². The number of amides is 1. The lowest BCUT2D eigenvalue weighted by atomic mass is 10.1. The van der Waals surface area contributed by atoms with Crippen molar-refractivity contribution >= 4 is 22.7 Å². The van der Waals surface area contributed by atoms with E-state index in [9.17, 15) is 24.6 Å². The Morgan fingerprint density at radius 2 is 1.79 bits per heavy atom. The van der Waals surface area contributed by atoms with Crippen molar-refractivity contribution in [2.75, 3.05) is 46.9 Å². The van der Waals surface area contributed by atoms with Crippen molar-refractivity contribution in [2.45, 2.75) is 32.6 Å². The normalized spacial score (nSPS) is 13.3. The number of nitrogens with zero attached hydrogens (tertiary/aromatic N) is 3. The molecule has 2 atom stereocenters. The Morgan fingerprint density at radius 3 is 2.42 bits per heavy atom. The zero-order valence-electron chi connectivity index (χ0n) is 19.5. The third-order valence-corrected chi connectivity index (χ3v) is 5.26. The number of likely N-dealkylation sites (N-methyl/N-ethyl adjacent to an activating group) is 1. The molecule has 0 aliphatic heterocycles. The highest BCUT2D eigenvalue weighted by Gasteiger charge is 2.26. The predicted octanol–water partition coefficient (Wildman–Crippen LogP) is -1.82. The van der Waals surface area contributed by atoms with Gasteiger partial charge in [0.25, 0.3) is 11.5 Å². The molecule has 182 valence electrons. The Labute approximate surface area is 192 Å². The second kappa shape index (κ2) is 12.0. The molecule has 0 unspecified atom stereocenters. The van der Waals surface area contributed by atoms with Crippen LogP contribution in [0.4, 0.5) is 0 Å². The summed E-state index contributed by atoms with van der Waals surface area (Å²) in [6, 6.07) is 3.45. The molecule has 0 aliphatic rings. The maximum atomic E-state index is 13.2. The van der Waals surface area contributed by atoms with Gasteiger partial charge in [0.2, 0.25) is 0 Å². The van der Waals surface area contributed by atoms with Crippen LogP contribution in [-0.2, 0) is 11.3 Å². The van der Waals surface area contributed by atoms with E-state index in [1.54, 1.807) is 12.1 Å². The Hall–Kier alpha value is -2.70. The van der Waals surface area contributed by atoms with E-state index in [1.165, 1.54) is 0 Å². The number of fused-ring (bicyclic) bond motifs is 1. The average molecular weight is 464 g/mol. The predicted molar refractivity (Wildman–Crippen MR) is 123 cm³/mol. The maximum Gasteiger partial charge on any atom is 0.282 e. The van der Waals surface area contributed by atoms with Crippen LogP contribution in [-0.4, -0.2) is 101 Å². The SMILES string of the molecule is Cc1cc2nc(C(=O)NCCN(C)C)c(=O)n(C[C@H](O)C(=O)[C@H](O)CNCCO)c2cc1C. The number of ketones is 1. The summed E-state index contributed by atoms with van der Waals surface area (Å²) in [5.74, 6) is -1.53. The van der Waals surface area contributed by atoms with E-state index in [-0.39, 0.29) is 25.4 Å². The number of carbonyl (C=O) groups excluding carboxylic acids is 2. The number of rotatable bonds is 12. The molecule has 11 heteroatoms. The van der Waals surface area contributed by atoms with Gasteiger partial charge in [-0.1, -0.05) is 0 Å². The molecule has 5 N–H and O–H groups in total. The molecule has 0 saturated heterocycles. The Balaban J connectivity index is 2.41. The van der Waals surface area contributed by atoms with Gasteiger partial charge in [-0.3, -0.25) is 14.4 Å². The number of aryl methyl sites for hydroxylation is 2. The smallest absolute Gasteiger partial charge is 0.282 e. The first-order chi connectivity index (χ1) is 15.6. The zero-order valence-corrected chi connectivity index (χ0v) is 19.5. The minimum absolute atomic E-state index is 0.153. The van der Waals surface area contributed by atoms with Gasteiger partial charge >= 0.3 is 0 Å². The van der Waals surface area contributed by atoms with Crippen molar-refractivity contribution in [3.05, 3.63) is 39.3 Å². The van der Waals surface area contributed by atoms with E-state index in [4.69, 9.17) is 5.11 Å². The van der Waals surface area contributed by atoms with E-state index in [1.807, 2.05) is 32.8 Å². The molecule has 2 rings (SSSR count). The summed E-state index contributed by atoms with van der Waals surface area (Å²) in [4.78, 5) is 44.4. The highest BCUT2D eigenvalue weighted by Crippen LogP contribution is 2.18. The van der Waals surface area contributed by atoms with Gasteiger partial charge in [-0.2, -0.15) is 0 Å². The molecule has 0 saturated carbocycles. The molecule has 33 heavy (non-hydrogen) atoms. The van der Waals surface area contributed by atoms with Crippen LogP contribution in [0.15, 0.2) is 16.9 Å². The molecule has 2 aromatic rings. The fraction of sp³-hybridized carbons (Fsp3) is 0.545. The Morgan fingerprint density at radius 1 is 1.12 bits per heavy atom. The molecule has 0 aliphatic carbocycles. The molecule has 1 amide bonds. The monoisotopic (exact) mass is 463 g/mol. The number of benzene rings is 1. The zero-order chi connectivity index (χ0) is 24.7. The minimum Gasteiger partial charge on any atom is -0.395 e. The highest BCUT2D eigenvalue weighted by atomic mass is 16.3. The van der Waals surface area contributed by atoms with Gasteiger partial charge < -0.3 is 35.4 Å². The van der Waals surface area contributed by atoms with Gasteiger partial charge in [-0.15, -0.1) is 0 Å². The van der Waals surface area contributed by atoms with E-state index in [2.05, 4.69) is 15.6 Å². The van der Waals surface area contributed by atoms with Crippen LogP contribution in [0.5, 0.6) is 0 Å². The number of Topliss-reactive ketones (excluding diaryl/α,β-unsaturated/α-hetero) is 1. The van der Waals surface area contributed by atoms with Crippen LogP contribution < -0.4 is 16.2 Å². The fourth-order valence-corrected chi connectivity index (χ4v) is 3.21. The van der Waals surface area contributed by atoms with Crippen LogP contribution in [0.1, 0.15) is 21.6 Å². The van der Waals surface area contributed by atoms with Gasteiger partial charge in [-0.05, 0) is 51.2 Å². The number of aromatic nitrogens is 2. The molecule has 1 heterocycles. The van der Waals surface area contributed by atoms with E-state index < -0.39 is 36.0 Å². The first-order valence-electron chi connectivity index (χ1n) is 10.7. The molecule has 0 radical (unpaired) electrons. The fourth-order valence-electron chi connectivity index (χ4n) is 3.21. The van der Waals surface area contributed by atoms with E-state index in [0.29, 0.717) is 24.1 Å². The van der Waals surface area contributed by atoms with Crippen LogP contribution in [0.3, 0.4) is 0 Å². The first kappa shape index (κ1) is 26.6. The van der Waals surface area contributed by atoms with Crippen LogP contribution in [0.2, 0.25) is 0 Å².